The molecular formula is C28H41NO5. The standard InChI is InChI=1S/C28H41NO5/c1-16(2)8-7-14-28(31)15-13-19-11-12-21-23(20-9-6-10-22(28)29(19)20)17(3)25(33-21)26-24(32-5)18(4)27(30)34-26/h12,16-17,19-20,22-23,31H,6-11,13-15H2,1-5H3. The number of rotatable bonds is 5. The highest BCUT2D eigenvalue weighted by Gasteiger charge is 2.56. The zero-order valence-electron chi connectivity index (χ0n) is 21.4. The average molecular weight is 472 g/mol. The van der Waals surface area contributed by atoms with Crippen LogP contribution >= 0.6 is 0 Å². The van der Waals surface area contributed by atoms with Gasteiger partial charge in [0.2, 0.25) is 5.76 Å². The van der Waals surface area contributed by atoms with Gasteiger partial charge in [-0.15, -0.1) is 0 Å². The fraction of sp³-hybridized carbons (Fsp3) is 0.750. The highest BCUT2D eigenvalue weighted by Crippen LogP contribution is 2.53. The van der Waals surface area contributed by atoms with Crippen LogP contribution in [0.4, 0.5) is 0 Å². The van der Waals surface area contributed by atoms with Crippen molar-refractivity contribution in [1.82, 2.24) is 4.90 Å². The van der Waals surface area contributed by atoms with Gasteiger partial charge in [-0.1, -0.05) is 40.0 Å². The van der Waals surface area contributed by atoms with Gasteiger partial charge in [-0.25, -0.2) is 4.79 Å². The van der Waals surface area contributed by atoms with Crippen molar-refractivity contribution in [3.63, 3.8) is 0 Å². The quantitative estimate of drug-likeness (QED) is 0.557. The number of esters is 1. The molecule has 5 aliphatic rings. The van der Waals surface area contributed by atoms with Crippen LogP contribution in [0.15, 0.2) is 34.7 Å². The molecule has 5 heterocycles. The summed E-state index contributed by atoms with van der Waals surface area (Å²) in [7, 11) is 1.57. The third-order valence-electron chi connectivity index (χ3n) is 9.05. The number of carbonyl (C=O) groups is 1. The normalized spacial score (nSPS) is 39.9. The molecule has 3 fully saturated rings. The molecule has 5 rings (SSSR count). The maximum absolute atomic E-state index is 12.2. The van der Waals surface area contributed by atoms with Crippen molar-refractivity contribution in [2.24, 2.45) is 17.8 Å². The van der Waals surface area contributed by atoms with E-state index >= 15 is 0 Å². The van der Waals surface area contributed by atoms with Gasteiger partial charge in [0, 0.05) is 30.0 Å². The van der Waals surface area contributed by atoms with E-state index < -0.39 is 5.60 Å². The lowest BCUT2D eigenvalue weighted by molar-refractivity contribution is -0.143. The zero-order chi connectivity index (χ0) is 24.2. The van der Waals surface area contributed by atoms with Crippen molar-refractivity contribution in [3.8, 4) is 0 Å². The molecule has 0 aliphatic carbocycles. The Morgan fingerprint density at radius 2 is 2.06 bits per heavy atom. The first-order valence-corrected chi connectivity index (χ1v) is 13.3. The van der Waals surface area contributed by atoms with Crippen molar-refractivity contribution in [3.05, 3.63) is 34.7 Å². The van der Waals surface area contributed by atoms with Crippen LogP contribution in [0.25, 0.3) is 0 Å². The van der Waals surface area contributed by atoms with Gasteiger partial charge in [0.15, 0.2) is 11.5 Å². The zero-order valence-corrected chi connectivity index (χ0v) is 21.4. The van der Waals surface area contributed by atoms with Gasteiger partial charge in [-0.2, -0.15) is 0 Å². The van der Waals surface area contributed by atoms with E-state index in [2.05, 4.69) is 31.7 Å². The summed E-state index contributed by atoms with van der Waals surface area (Å²) < 4.78 is 17.6. The summed E-state index contributed by atoms with van der Waals surface area (Å²) in [5.41, 5.74) is -0.107. The monoisotopic (exact) mass is 471 g/mol. The Hall–Kier alpha value is -1.79. The second kappa shape index (κ2) is 9.02. The molecule has 34 heavy (non-hydrogen) atoms. The van der Waals surface area contributed by atoms with Crippen LogP contribution in [-0.2, 0) is 19.0 Å². The minimum absolute atomic E-state index is 0.0727. The fourth-order valence-corrected chi connectivity index (χ4v) is 7.36. The first kappa shape index (κ1) is 23.9. The van der Waals surface area contributed by atoms with Crippen molar-refractivity contribution in [2.75, 3.05) is 7.11 Å². The maximum Gasteiger partial charge on any atom is 0.343 e. The number of hydrogen-bond donors (Lipinski definition) is 1. The summed E-state index contributed by atoms with van der Waals surface area (Å²) in [6.07, 6.45) is 11.6. The molecule has 3 saturated heterocycles. The largest absolute Gasteiger partial charge is 0.492 e. The lowest BCUT2D eigenvalue weighted by Gasteiger charge is -2.57. The third-order valence-corrected chi connectivity index (χ3v) is 9.05. The molecule has 6 unspecified atom stereocenters. The van der Waals surface area contributed by atoms with E-state index in [4.69, 9.17) is 14.2 Å². The van der Waals surface area contributed by atoms with Gasteiger partial charge in [-0.3, -0.25) is 4.90 Å². The van der Waals surface area contributed by atoms with E-state index in [0.717, 1.165) is 57.1 Å². The summed E-state index contributed by atoms with van der Waals surface area (Å²) in [4.78, 5) is 14.9. The van der Waals surface area contributed by atoms with Gasteiger partial charge in [0.05, 0.1) is 18.3 Å². The molecule has 0 aromatic heterocycles. The minimum Gasteiger partial charge on any atom is -0.492 e. The summed E-state index contributed by atoms with van der Waals surface area (Å²) in [5, 5.41) is 11.9. The molecule has 1 N–H and O–H groups in total. The lowest BCUT2D eigenvalue weighted by atomic mass is 9.70. The molecule has 5 aliphatic heterocycles. The summed E-state index contributed by atoms with van der Waals surface area (Å²) in [6.45, 7) is 8.45. The number of carbonyl (C=O) groups excluding carboxylic acids is 1. The molecule has 0 saturated carbocycles. The maximum atomic E-state index is 12.2. The highest BCUT2D eigenvalue weighted by molar-refractivity contribution is 5.93. The summed E-state index contributed by atoms with van der Waals surface area (Å²) >= 11 is 0. The Labute approximate surface area is 204 Å². The molecule has 0 spiro atoms. The first-order chi connectivity index (χ1) is 16.2. The second-order valence-corrected chi connectivity index (χ2v) is 11.5. The number of cyclic esters (lactones) is 1. The Balaban J connectivity index is 1.45. The van der Waals surface area contributed by atoms with Crippen molar-refractivity contribution < 1.29 is 24.1 Å². The van der Waals surface area contributed by atoms with Crippen LogP contribution in [0.1, 0.15) is 85.5 Å². The van der Waals surface area contributed by atoms with Crippen molar-refractivity contribution in [2.45, 2.75) is 109 Å². The van der Waals surface area contributed by atoms with Crippen LogP contribution in [0.5, 0.6) is 0 Å². The van der Waals surface area contributed by atoms with Crippen LogP contribution < -0.4 is 0 Å². The highest BCUT2D eigenvalue weighted by atomic mass is 16.6. The molecule has 0 radical (unpaired) electrons. The molecule has 0 bridgehead atoms. The van der Waals surface area contributed by atoms with E-state index in [0.29, 0.717) is 40.9 Å². The van der Waals surface area contributed by atoms with Gasteiger partial charge in [0.1, 0.15) is 5.76 Å². The van der Waals surface area contributed by atoms with Gasteiger partial charge in [-0.05, 0) is 57.4 Å². The van der Waals surface area contributed by atoms with Crippen LogP contribution in [-0.4, -0.2) is 46.8 Å². The van der Waals surface area contributed by atoms with E-state index in [1.54, 1.807) is 14.0 Å². The Bertz CT molecular complexity index is 933. The number of nitrogens with zero attached hydrogens (tertiary/aromatic N) is 1. The number of hydrogen-bond acceptors (Lipinski definition) is 6. The van der Waals surface area contributed by atoms with Crippen molar-refractivity contribution in [1.29, 1.82) is 0 Å². The molecule has 188 valence electrons. The third kappa shape index (κ3) is 3.81. The fourth-order valence-electron chi connectivity index (χ4n) is 7.36. The van der Waals surface area contributed by atoms with E-state index in [9.17, 15) is 9.90 Å². The number of aliphatic hydroxyl groups is 1. The average Bonchev–Trinajstić information content (AvgIpc) is 3.21. The van der Waals surface area contributed by atoms with Gasteiger partial charge >= 0.3 is 5.97 Å². The van der Waals surface area contributed by atoms with Crippen LogP contribution in [0.2, 0.25) is 0 Å². The molecule has 0 aromatic carbocycles. The second-order valence-electron chi connectivity index (χ2n) is 11.5. The van der Waals surface area contributed by atoms with E-state index in [1.807, 2.05) is 0 Å². The van der Waals surface area contributed by atoms with E-state index in [-0.39, 0.29) is 23.8 Å². The number of fused-ring (bicyclic) bond motifs is 2. The molecule has 0 aromatic rings. The molecule has 6 atom stereocenters. The van der Waals surface area contributed by atoms with Crippen LogP contribution in [0, 0.1) is 17.8 Å². The number of ether oxygens (including phenoxy) is 3. The Kier molecular flexibility index (Phi) is 6.34. The molecule has 6 nitrogen and oxygen atoms in total. The minimum atomic E-state index is -0.595. The van der Waals surface area contributed by atoms with Crippen LogP contribution in [0.3, 0.4) is 0 Å². The topological polar surface area (TPSA) is 68.2 Å². The van der Waals surface area contributed by atoms with Gasteiger partial charge in [0.25, 0.3) is 0 Å². The number of allylic oxidation sites excluding steroid dienone is 1. The van der Waals surface area contributed by atoms with E-state index in [1.165, 1.54) is 6.42 Å². The lowest BCUT2D eigenvalue weighted by Crippen LogP contribution is -2.65. The number of methoxy groups -OCH3 is 1. The summed E-state index contributed by atoms with van der Waals surface area (Å²) in [5.74, 6) is 3.23. The molecular weight excluding hydrogens is 430 g/mol. The SMILES string of the molecule is COC1=C(C)C(=O)OC1=C1OC2=CCC3CCC(O)(CCCC(C)C)C4CCCC(C2C1C)N34. The first-order valence-electron chi connectivity index (χ1n) is 13.3. The predicted octanol–water partition coefficient (Wildman–Crippen LogP) is 5.19. The Morgan fingerprint density at radius 3 is 2.79 bits per heavy atom. The Morgan fingerprint density at radius 1 is 1.26 bits per heavy atom. The predicted molar refractivity (Wildman–Crippen MR) is 129 cm³/mol. The summed E-state index contributed by atoms with van der Waals surface area (Å²) in [6, 6.07) is 1.01. The smallest absolute Gasteiger partial charge is 0.343 e. The van der Waals surface area contributed by atoms with Crippen molar-refractivity contribution >= 4 is 5.97 Å². The molecule has 0 amide bonds. The number of piperidine rings is 2. The molecule has 6 heteroatoms. The van der Waals surface area contributed by atoms with Gasteiger partial charge < -0.3 is 19.3 Å².